The molecular weight excluding hydrogens is 286 g/mol. The molecule has 0 saturated carbocycles. The van der Waals surface area contributed by atoms with Crippen LogP contribution in [0.15, 0.2) is 24.3 Å². The van der Waals surface area contributed by atoms with Gasteiger partial charge in [-0.25, -0.2) is 0 Å². The van der Waals surface area contributed by atoms with E-state index >= 15 is 0 Å². The fourth-order valence-electron chi connectivity index (χ4n) is 0.971. The first kappa shape index (κ1) is 18.9. The maximum atomic E-state index is 10.3. The molecule has 6 heteroatoms. The smallest absolute Gasteiger partial charge is 0.307 e. The lowest BCUT2D eigenvalue weighted by molar-refractivity contribution is -0.136. The minimum absolute atomic E-state index is 0.118. The molecule has 17 heavy (non-hydrogen) atoms. The van der Waals surface area contributed by atoms with E-state index in [9.17, 15) is 4.79 Å². The molecule has 1 aromatic rings. The molecule has 0 aliphatic carbocycles. The van der Waals surface area contributed by atoms with Crippen LogP contribution in [0.2, 0.25) is 0 Å². The van der Waals surface area contributed by atoms with Crippen molar-refractivity contribution in [3.63, 3.8) is 0 Å². The van der Waals surface area contributed by atoms with Crippen molar-refractivity contribution in [2.24, 2.45) is 0 Å². The van der Waals surface area contributed by atoms with Crippen LogP contribution < -0.4 is 0 Å². The van der Waals surface area contributed by atoms with Gasteiger partial charge in [0.15, 0.2) is 4.30 Å². The molecule has 1 aromatic carbocycles. The first-order valence-electron chi connectivity index (χ1n) is 4.56. The Balaban J connectivity index is 0. The predicted molar refractivity (Wildman–Crippen MR) is 72.0 cm³/mol. The predicted octanol–water partition coefficient (Wildman–Crippen LogP) is 3.22. The number of aliphatic carboxylic acids is 1. The summed E-state index contributed by atoms with van der Waals surface area (Å²) in [6.45, 7) is 1.91. The molecule has 0 aliphatic rings. The molecule has 98 valence electrons. The summed E-state index contributed by atoms with van der Waals surface area (Å²) in [5.41, 5.74) is 1.93. The van der Waals surface area contributed by atoms with E-state index in [1.165, 1.54) is 0 Å². The number of alkyl halides is 3. The quantitative estimate of drug-likeness (QED) is 0.825. The Morgan fingerprint density at radius 3 is 2.00 bits per heavy atom. The van der Waals surface area contributed by atoms with E-state index in [4.69, 9.17) is 45.0 Å². The van der Waals surface area contributed by atoms with Crippen molar-refractivity contribution in [1.82, 2.24) is 0 Å². The summed E-state index contributed by atoms with van der Waals surface area (Å²) >= 11 is 14.4. The largest absolute Gasteiger partial charge is 0.481 e. The van der Waals surface area contributed by atoms with Gasteiger partial charge >= 0.3 is 5.97 Å². The molecule has 0 fully saturated rings. The van der Waals surface area contributed by atoms with Gasteiger partial charge in [-0.2, -0.15) is 0 Å². The Morgan fingerprint density at radius 1 is 1.24 bits per heavy atom. The van der Waals surface area contributed by atoms with Gasteiger partial charge < -0.3 is 10.2 Å². The highest BCUT2D eigenvalue weighted by Gasteiger charge is 2.01. The average Bonchev–Trinajstić information content (AvgIpc) is 2.23. The van der Waals surface area contributed by atoms with E-state index in [2.05, 4.69) is 0 Å². The van der Waals surface area contributed by atoms with Gasteiger partial charge in [0.05, 0.1) is 6.42 Å². The van der Waals surface area contributed by atoms with Crippen LogP contribution in [0.1, 0.15) is 11.1 Å². The molecule has 0 atom stereocenters. The fourth-order valence-corrected chi connectivity index (χ4v) is 0.971. The van der Waals surface area contributed by atoms with E-state index in [1.54, 1.807) is 0 Å². The highest BCUT2D eigenvalue weighted by molar-refractivity contribution is 6.63. The average molecular weight is 302 g/mol. The van der Waals surface area contributed by atoms with Crippen LogP contribution in [-0.2, 0) is 11.2 Å². The van der Waals surface area contributed by atoms with Crippen molar-refractivity contribution in [3.8, 4) is 0 Å². The zero-order valence-electron chi connectivity index (χ0n) is 9.53. The van der Waals surface area contributed by atoms with Crippen molar-refractivity contribution in [2.45, 2.75) is 17.6 Å². The van der Waals surface area contributed by atoms with Crippen molar-refractivity contribution >= 4 is 40.8 Å². The van der Waals surface area contributed by atoms with Crippen molar-refractivity contribution in [1.29, 1.82) is 0 Å². The van der Waals surface area contributed by atoms with Gasteiger partial charge in [0.2, 0.25) is 0 Å². The summed E-state index contributed by atoms with van der Waals surface area (Å²) in [6, 6.07) is 7.51. The molecule has 0 unspecified atom stereocenters. The van der Waals surface area contributed by atoms with Gasteiger partial charge in [0.25, 0.3) is 0 Å². The van der Waals surface area contributed by atoms with Gasteiger partial charge in [-0.05, 0) is 18.1 Å². The van der Waals surface area contributed by atoms with Crippen molar-refractivity contribution < 1.29 is 15.0 Å². The first-order chi connectivity index (χ1) is 7.93. The van der Waals surface area contributed by atoms with Gasteiger partial charge in [-0.3, -0.25) is 4.79 Å². The third kappa shape index (κ3) is 13.5. The van der Waals surface area contributed by atoms with Gasteiger partial charge in [-0.15, -0.1) is 0 Å². The third-order valence-electron chi connectivity index (χ3n) is 1.60. The monoisotopic (exact) mass is 300 g/mol. The molecule has 0 heterocycles. The molecule has 0 radical (unpaired) electrons. The molecule has 3 nitrogen and oxygen atoms in total. The van der Waals surface area contributed by atoms with Crippen LogP contribution in [0.4, 0.5) is 0 Å². The lowest BCUT2D eigenvalue weighted by Gasteiger charge is -1.99. The SMILES string of the molecule is CO.Cc1ccccc1CC(=O)O.ClC(Cl)Cl. The van der Waals surface area contributed by atoms with E-state index in [0.717, 1.165) is 18.2 Å². The van der Waals surface area contributed by atoms with Gasteiger partial charge in [0.1, 0.15) is 0 Å². The molecule has 2 N–H and O–H groups in total. The number of halogens is 3. The molecule has 1 rings (SSSR count). The number of carbonyl (C=O) groups is 1. The van der Waals surface area contributed by atoms with E-state index in [0.29, 0.717) is 0 Å². The van der Waals surface area contributed by atoms with E-state index in [-0.39, 0.29) is 6.42 Å². The number of hydrogen-bond acceptors (Lipinski definition) is 2. The van der Waals surface area contributed by atoms with Crippen LogP contribution in [0.25, 0.3) is 0 Å². The molecule has 0 aromatic heterocycles. The Morgan fingerprint density at radius 2 is 1.65 bits per heavy atom. The first-order valence-corrected chi connectivity index (χ1v) is 5.87. The van der Waals surface area contributed by atoms with E-state index < -0.39 is 10.3 Å². The molecule has 0 spiro atoms. The summed E-state index contributed by atoms with van der Waals surface area (Å²) < 4.78 is -0.750. The third-order valence-corrected chi connectivity index (χ3v) is 1.60. The normalized spacial score (nSPS) is 8.65. The zero-order valence-corrected chi connectivity index (χ0v) is 11.8. The van der Waals surface area contributed by atoms with Crippen LogP contribution in [0.3, 0.4) is 0 Å². The van der Waals surface area contributed by atoms with Gasteiger partial charge in [0, 0.05) is 7.11 Å². The second-order valence-corrected chi connectivity index (χ2v) is 4.72. The van der Waals surface area contributed by atoms with Crippen LogP contribution in [0, 0.1) is 6.92 Å². The Labute approximate surface area is 116 Å². The lowest BCUT2D eigenvalue weighted by atomic mass is 10.1. The minimum atomic E-state index is -0.778. The van der Waals surface area contributed by atoms with Crippen LogP contribution in [0.5, 0.6) is 0 Å². The van der Waals surface area contributed by atoms with Crippen LogP contribution >= 0.6 is 34.8 Å². The maximum absolute atomic E-state index is 10.3. The number of rotatable bonds is 2. The zero-order chi connectivity index (χ0) is 13.8. The number of aliphatic hydroxyl groups is 1. The second kappa shape index (κ2) is 12.0. The molecule has 0 saturated heterocycles. The number of carboxylic acids is 1. The summed E-state index contributed by atoms with van der Waals surface area (Å²) in [7, 11) is 1.00. The number of carboxylic acid groups (broad SMARTS) is 1. The Hall–Kier alpha value is -0.480. The number of aliphatic hydroxyl groups excluding tert-OH is 1. The standard InChI is InChI=1S/C9H10O2.CHCl3.CH4O/c1-7-4-2-3-5-8(7)6-9(10)11;2-1(3)4;1-2/h2-5H,6H2,1H3,(H,10,11);1H;2H,1H3. The van der Waals surface area contributed by atoms with Crippen molar-refractivity contribution in [3.05, 3.63) is 35.4 Å². The van der Waals surface area contributed by atoms with Gasteiger partial charge in [-0.1, -0.05) is 59.1 Å². The highest BCUT2D eigenvalue weighted by Crippen LogP contribution is 2.06. The lowest BCUT2D eigenvalue weighted by Crippen LogP contribution is -2.01. The number of benzene rings is 1. The summed E-state index contributed by atoms with van der Waals surface area (Å²) in [4.78, 5) is 10.3. The molecule has 0 amide bonds. The van der Waals surface area contributed by atoms with E-state index in [1.807, 2.05) is 31.2 Å². The number of hydrogen-bond donors (Lipinski definition) is 2. The van der Waals surface area contributed by atoms with Crippen LogP contribution in [-0.4, -0.2) is 27.6 Å². The Bertz CT molecular complexity index is 314. The summed E-state index contributed by atoms with van der Waals surface area (Å²) in [5.74, 6) is -0.778. The summed E-state index contributed by atoms with van der Waals surface area (Å²) in [5, 5.41) is 15.5. The van der Waals surface area contributed by atoms with Crippen molar-refractivity contribution in [2.75, 3.05) is 7.11 Å². The molecule has 0 bridgehead atoms. The minimum Gasteiger partial charge on any atom is -0.481 e. The topological polar surface area (TPSA) is 57.5 Å². The summed E-state index contributed by atoms with van der Waals surface area (Å²) in [6.07, 6.45) is 0.118. The molecule has 0 aliphatic heterocycles. The fraction of sp³-hybridized carbons (Fsp3) is 0.364. The highest BCUT2D eigenvalue weighted by atomic mass is 35.6. The molecular formula is C11H15Cl3O3. The number of aryl methyl sites for hydroxylation is 1. The maximum Gasteiger partial charge on any atom is 0.307 e. The Kier molecular flexibility index (Phi) is 13.3. The second-order valence-electron chi connectivity index (χ2n) is 2.74.